The highest BCUT2D eigenvalue weighted by molar-refractivity contribution is 5.87. The summed E-state index contributed by atoms with van der Waals surface area (Å²) >= 11 is 0. The number of carbonyl (C=O) groups excluding carboxylic acids is 7. The van der Waals surface area contributed by atoms with Gasteiger partial charge in [-0.2, -0.15) is 0 Å². The van der Waals surface area contributed by atoms with Gasteiger partial charge in [0.1, 0.15) is 37.7 Å². The summed E-state index contributed by atoms with van der Waals surface area (Å²) in [5, 5.41) is 56.1. The summed E-state index contributed by atoms with van der Waals surface area (Å²) < 4.78 is 21.2. The second kappa shape index (κ2) is 41.4. The molecule has 0 saturated heterocycles. The molecular weight excluding hydrogens is 929 g/mol. The van der Waals surface area contributed by atoms with E-state index in [-0.39, 0.29) is 128 Å². The Morgan fingerprint density at radius 1 is 0.443 bits per heavy atom. The van der Waals surface area contributed by atoms with Crippen molar-refractivity contribution in [2.75, 3.05) is 72.6 Å². The Morgan fingerprint density at radius 2 is 1.00 bits per heavy atom. The second-order valence-corrected chi connectivity index (χ2v) is 16.5. The number of unbranched alkanes of at least 4 members (excludes halogenated alkanes) is 4. The van der Waals surface area contributed by atoms with Gasteiger partial charge in [-0.1, -0.05) is 26.2 Å². The molecule has 0 aromatic rings. The molecule has 0 rings (SSSR count). The number of aliphatic hydroxyl groups excluding tert-OH is 1. The summed E-state index contributed by atoms with van der Waals surface area (Å²) in [5.74, 6) is -9.29. The molecule has 0 bridgehead atoms. The fourth-order valence-electron chi connectivity index (χ4n) is 6.65. The van der Waals surface area contributed by atoms with Crippen LogP contribution in [0.4, 0.5) is 0 Å². The molecule has 0 unspecified atom stereocenters. The van der Waals surface area contributed by atoms with Gasteiger partial charge >= 0.3 is 23.9 Å². The van der Waals surface area contributed by atoms with Crippen LogP contribution in [-0.2, 0) is 71.7 Å². The smallest absolute Gasteiger partial charge is 0.326 e. The first-order valence-electron chi connectivity index (χ1n) is 23.9. The van der Waals surface area contributed by atoms with Crippen molar-refractivity contribution in [2.45, 2.75) is 141 Å². The van der Waals surface area contributed by atoms with Crippen molar-refractivity contribution in [3.8, 4) is 0 Å². The number of carbonyl (C=O) groups is 11. The minimum Gasteiger partial charge on any atom is -0.481 e. The number of amides is 4. The highest BCUT2D eigenvalue weighted by Crippen LogP contribution is 2.15. The molecule has 0 aliphatic carbocycles. The van der Waals surface area contributed by atoms with Gasteiger partial charge in [0.05, 0.1) is 39.0 Å². The molecule has 24 nitrogen and oxygen atoms in total. The summed E-state index contributed by atoms with van der Waals surface area (Å²) in [6, 6.07) is -2.59. The fraction of sp³-hybridized carbons (Fsp3) is 0.761. The summed E-state index contributed by atoms with van der Waals surface area (Å²) in [6.07, 6.45) is 3.85. The topological polar surface area (TPSA) is 374 Å². The molecule has 9 N–H and O–H groups in total. The number of rotatable bonds is 48. The molecule has 4 atom stereocenters. The molecule has 70 heavy (non-hydrogen) atoms. The van der Waals surface area contributed by atoms with Gasteiger partial charge in [-0.15, -0.1) is 0 Å². The number of hydrogen-bond acceptors (Lipinski definition) is 16. The minimum atomic E-state index is -1.40. The summed E-state index contributed by atoms with van der Waals surface area (Å²) in [7, 11) is 0. The third-order valence-corrected chi connectivity index (χ3v) is 10.7. The molecule has 4 amide bonds. The van der Waals surface area contributed by atoms with Crippen molar-refractivity contribution in [3.05, 3.63) is 0 Å². The third kappa shape index (κ3) is 36.5. The molecular formula is C46H76N4O20. The van der Waals surface area contributed by atoms with E-state index < -0.39 is 90.9 Å². The molecule has 24 heteroatoms. The number of carboxylic acid groups (broad SMARTS) is 4. The van der Waals surface area contributed by atoms with Crippen LogP contribution in [0.15, 0.2) is 0 Å². The van der Waals surface area contributed by atoms with Crippen molar-refractivity contribution < 1.29 is 97.2 Å². The monoisotopic (exact) mass is 1000 g/mol. The van der Waals surface area contributed by atoms with Crippen LogP contribution >= 0.6 is 0 Å². The van der Waals surface area contributed by atoms with E-state index in [1.807, 2.05) is 6.92 Å². The van der Waals surface area contributed by atoms with E-state index in [9.17, 15) is 68.1 Å². The standard InChI is InChI=1S/C46H76N4O20/c1-2-32(38(54)29-51)10-7-8-20-47-39(55)19-17-37(46(65)66)50-41(57)18-14-33(44(61)62)28-35(53)30-69-26-25-68-23-21-48-42(58)31-70-27-24-67-22-9-11-34(52)15-16-36(45(63)64)49-40(56)12-5-3-4-6-13-43(59)60/h32-33,36-37,51H,2-31H2,1H3,(H,47,55)(H,48,58)(H,49,56)(H,50,57)(H,59,60)(H,61,62)(H,63,64)(H,65,66)/t32-,33+,36-,37-/m0/s1. The van der Waals surface area contributed by atoms with Gasteiger partial charge < -0.3 is 65.7 Å². The average Bonchev–Trinajstić information content (AvgIpc) is 3.31. The zero-order chi connectivity index (χ0) is 52.5. The molecule has 0 fully saturated rings. The lowest BCUT2D eigenvalue weighted by atomic mass is 9.95. The van der Waals surface area contributed by atoms with E-state index in [0.717, 1.165) is 0 Å². The lowest BCUT2D eigenvalue weighted by Gasteiger charge is -2.16. The number of nitrogens with one attached hydrogen (secondary N) is 4. The first kappa shape index (κ1) is 64.6. The molecule has 0 spiro atoms. The van der Waals surface area contributed by atoms with Gasteiger partial charge in [0.15, 0.2) is 11.6 Å². The normalized spacial score (nSPS) is 12.7. The Balaban J connectivity index is 4.07. The fourth-order valence-corrected chi connectivity index (χ4v) is 6.65. The lowest BCUT2D eigenvalue weighted by Crippen LogP contribution is -2.42. The Morgan fingerprint density at radius 3 is 1.60 bits per heavy atom. The van der Waals surface area contributed by atoms with Crippen LogP contribution in [0.1, 0.15) is 129 Å². The number of hydrogen-bond donors (Lipinski definition) is 9. The highest BCUT2D eigenvalue weighted by atomic mass is 16.5. The number of carboxylic acids is 4. The van der Waals surface area contributed by atoms with Crippen LogP contribution in [0.25, 0.3) is 0 Å². The zero-order valence-electron chi connectivity index (χ0n) is 40.4. The molecule has 0 saturated carbocycles. The van der Waals surface area contributed by atoms with E-state index in [2.05, 4.69) is 21.3 Å². The maximum atomic E-state index is 12.5. The maximum absolute atomic E-state index is 12.5. The number of Topliss-reactive ketones (excluding diaryl/α,β-unsaturated/α-hetero) is 3. The second-order valence-electron chi connectivity index (χ2n) is 16.5. The van der Waals surface area contributed by atoms with Gasteiger partial charge in [0, 0.05) is 70.6 Å². The van der Waals surface area contributed by atoms with Crippen molar-refractivity contribution in [2.24, 2.45) is 11.8 Å². The van der Waals surface area contributed by atoms with Crippen molar-refractivity contribution in [1.29, 1.82) is 0 Å². The summed E-state index contributed by atoms with van der Waals surface area (Å²) in [4.78, 5) is 131. The molecule has 400 valence electrons. The quantitative estimate of drug-likeness (QED) is 0.0383. The number of ether oxygens (including phenoxy) is 4. The van der Waals surface area contributed by atoms with Crippen LogP contribution in [0, 0.1) is 11.8 Å². The van der Waals surface area contributed by atoms with Crippen LogP contribution in [0.5, 0.6) is 0 Å². The molecule has 0 aromatic heterocycles. The molecule has 0 aliphatic rings. The zero-order valence-corrected chi connectivity index (χ0v) is 40.4. The van der Waals surface area contributed by atoms with Crippen molar-refractivity contribution in [3.63, 3.8) is 0 Å². The first-order valence-corrected chi connectivity index (χ1v) is 23.9. The van der Waals surface area contributed by atoms with Crippen molar-refractivity contribution >= 4 is 64.9 Å². The molecule has 0 aromatic carbocycles. The molecule has 0 radical (unpaired) electrons. The third-order valence-electron chi connectivity index (χ3n) is 10.7. The summed E-state index contributed by atoms with van der Waals surface area (Å²) in [5.41, 5.74) is 0. The Kier molecular flexibility index (Phi) is 38.2. The van der Waals surface area contributed by atoms with Gasteiger partial charge in [0.2, 0.25) is 23.6 Å². The molecule has 0 aliphatic heterocycles. The summed E-state index contributed by atoms with van der Waals surface area (Å²) in [6.45, 7) is 1.81. The van der Waals surface area contributed by atoms with Gasteiger partial charge in [-0.05, 0) is 57.8 Å². The van der Waals surface area contributed by atoms with Crippen LogP contribution in [0.3, 0.4) is 0 Å². The SMILES string of the molecule is CC[C@@H](CCCCNC(=O)CC[C@H](NC(=O)CC[C@H](CC(=O)COCCOCCNC(=O)COCCOCCCC(=O)CC[C@H](NC(=O)CCCCCCC(=O)O)C(=O)O)C(=O)O)C(=O)O)C(=O)CO. The van der Waals surface area contributed by atoms with E-state index in [4.69, 9.17) is 29.2 Å². The van der Waals surface area contributed by atoms with Crippen LogP contribution < -0.4 is 21.3 Å². The van der Waals surface area contributed by atoms with Gasteiger partial charge in [-0.3, -0.25) is 43.2 Å². The molecule has 0 heterocycles. The Labute approximate surface area is 408 Å². The Bertz CT molecular complexity index is 1630. The predicted molar refractivity (Wildman–Crippen MR) is 246 cm³/mol. The van der Waals surface area contributed by atoms with Crippen LogP contribution in [0.2, 0.25) is 0 Å². The maximum Gasteiger partial charge on any atom is 0.326 e. The van der Waals surface area contributed by atoms with Crippen LogP contribution in [-0.4, -0.2) is 175 Å². The average molecular weight is 1010 g/mol. The number of ketones is 3. The van der Waals surface area contributed by atoms with E-state index >= 15 is 0 Å². The largest absolute Gasteiger partial charge is 0.481 e. The van der Waals surface area contributed by atoms with Gasteiger partial charge in [0.25, 0.3) is 0 Å². The minimum absolute atomic E-state index is 0.00863. The Hall–Kier alpha value is -5.43. The number of aliphatic carboxylic acids is 4. The lowest BCUT2D eigenvalue weighted by molar-refractivity contribution is -0.145. The number of aliphatic hydroxyl groups is 1. The van der Waals surface area contributed by atoms with E-state index in [1.165, 1.54) is 0 Å². The van der Waals surface area contributed by atoms with E-state index in [1.54, 1.807) is 0 Å². The van der Waals surface area contributed by atoms with Gasteiger partial charge in [-0.25, -0.2) is 9.59 Å². The van der Waals surface area contributed by atoms with Crippen molar-refractivity contribution in [1.82, 2.24) is 21.3 Å². The highest BCUT2D eigenvalue weighted by Gasteiger charge is 2.26. The van der Waals surface area contributed by atoms with E-state index in [0.29, 0.717) is 64.3 Å². The predicted octanol–water partition coefficient (Wildman–Crippen LogP) is 0.957. The first-order chi connectivity index (χ1) is 33.4.